The predicted molar refractivity (Wildman–Crippen MR) is 120 cm³/mol. The molecule has 8 aromatic heterocycles. The Labute approximate surface area is 169 Å². The van der Waals surface area contributed by atoms with Crippen molar-refractivity contribution in [1.29, 1.82) is 0 Å². The molecule has 0 aliphatic rings. The molecule has 0 atom stereocenters. The van der Waals surface area contributed by atoms with E-state index >= 15 is 0 Å². The van der Waals surface area contributed by atoms with Crippen LogP contribution in [-0.2, 0) is 0 Å². The molecule has 8 aromatic rings. The Bertz CT molecular complexity index is 1840. The first-order valence-corrected chi connectivity index (χ1v) is 10.0. The molecule has 0 unspecified atom stereocenters. The average Bonchev–Trinajstić information content (AvgIpc) is 3.58. The highest BCUT2D eigenvalue weighted by Crippen LogP contribution is 2.40. The first-order valence-electron chi connectivity index (χ1n) is 10.0. The lowest BCUT2D eigenvalue weighted by molar-refractivity contribution is 1.17. The smallest absolute Gasteiger partial charge is 0.122 e. The van der Waals surface area contributed by atoms with Crippen LogP contribution in [0.25, 0.3) is 66.3 Å². The molecule has 6 heteroatoms. The van der Waals surface area contributed by atoms with Crippen molar-refractivity contribution >= 4 is 43.9 Å². The van der Waals surface area contributed by atoms with E-state index in [0.29, 0.717) is 0 Å². The molecule has 0 bridgehead atoms. The van der Waals surface area contributed by atoms with Crippen LogP contribution >= 0.6 is 0 Å². The molecule has 0 fully saturated rings. The Kier molecular flexibility index (Phi) is 2.34. The lowest BCUT2D eigenvalue weighted by Gasteiger charge is -2.10. The van der Waals surface area contributed by atoms with Crippen LogP contribution in [0.2, 0.25) is 0 Å². The van der Waals surface area contributed by atoms with Gasteiger partial charge in [-0.05, 0) is 30.3 Å². The van der Waals surface area contributed by atoms with Gasteiger partial charge in [0.05, 0.1) is 22.1 Å². The maximum absolute atomic E-state index is 3.59. The van der Waals surface area contributed by atoms with Gasteiger partial charge >= 0.3 is 0 Å². The van der Waals surface area contributed by atoms with Crippen molar-refractivity contribution in [2.45, 2.75) is 0 Å². The monoisotopic (exact) mass is 388 g/mol. The summed E-state index contributed by atoms with van der Waals surface area (Å²) in [4.78, 5) is 13.4. The van der Waals surface area contributed by atoms with Gasteiger partial charge in [0, 0.05) is 81.9 Å². The summed E-state index contributed by atoms with van der Waals surface area (Å²) in [5, 5.41) is 3.74. The maximum Gasteiger partial charge on any atom is 0.122 e. The van der Waals surface area contributed by atoms with E-state index in [-0.39, 0.29) is 0 Å². The van der Waals surface area contributed by atoms with Gasteiger partial charge in [-0.25, -0.2) is 0 Å². The minimum atomic E-state index is 1.11. The molecule has 0 aliphatic heterocycles. The normalized spacial score (nSPS) is 12.7. The second kappa shape index (κ2) is 4.80. The zero-order valence-corrected chi connectivity index (χ0v) is 15.8. The Morgan fingerprint density at radius 1 is 0.700 bits per heavy atom. The van der Waals surface area contributed by atoms with Gasteiger partial charge in [0.2, 0.25) is 0 Å². The molecule has 0 aromatic carbocycles. The average molecular weight is 388 g/mol. The van der Waals surface area contributed by atoms with Crippen LogP contribution in [-0.4, -0.2) is 28.7 Å². The Balaban J connectivity index is 1.53. The van der Waals surface area contributed by atoms with Crippen LogP contribution in [0.5, 0.6) is 0 Å². The van der Waals surface area contributed by atoms with E-state index in [4.69, 9.17) is 0 Å². The Morgan fingerprint density at radius 3 is 2.60 bits per heavy atom. The van der Waals surface area contributed by atoms with Crippen LogP contribution in [0.4, 0.5) is 0 Å². The lowest BCUT2D eigenvalue weighted by atomic mass is 10.1. The Hall–Kier alpha value is -4.32. The summed E-state index contributed by atoms with van der Waals surface area (Å²) < 4.78 is 4.67. The molecule has 0 spiro atoms. The van der Waals surface area contributed by atoms with Crippen LogP contribution in [0.1, 0.15) is 0 Å². The van der Waals surface area contributed by atoms with Gasteiger partial charge in [-0.2, -0.15) is 0 Å². The summed E-state index contributed by atoms with van der Waals surface area (Å²) in [6.07, 6.45) is 14.5. The van der Waals surface area contributed by atoms with E-state index in [9.17, 15) is 0 Å². The maximum atomic E-state index is 3.59. The number of nitrogens with zero attached hydrogens (tertiary/aromatic N) is 2. The van der Waals surface area contributed by atoms with Gasteiger partial charge in [-0.1, -0.05) is 0 Å². The number of H-pyrrole nitrogens is 4. The molecule has 0 saturated carbocycles. The van der Waals surface area contributed by atoms with E-state index in [1.54, 1.807) is 0 Å². The van der Waals surface area contributed by atoms with Crippen molar-refractivity contribution in [1.82, 2.24) is 28.7 Å². The number of rotatable bonds is 2. The minimum Gasteiger partial charge on any atom is -0.367 e. The summed E-state index contributed by atoms with van der Waals surface area (Å²) in [6, 6.07) is 10.9. The molecular formula is C24H16N6. The number of aromatic amines is 4. The highest BCUT2D eigenvalue weighted by atomic mass is 15.1. The van der Waals surface area contributed by atoms with Gasteiger partial charge in [0.1, 0.15) is 5.65 Å². The number of fused-ring (bicyclic) bond motifs is 6. The summed E-state index contributed by atoms with van der Waals surface area (Å²) >= 11 is 0. The fraction of sp³-hybridized carbons (Fsp3) is 0. The third-order valence-corrected chi connectivity index (χ3v) is 6.52. The zero-order chi connectivity index (χ0) is 19.4. The summed E-state index contributed by atoms with van der Waals surface area (Å²) in [6.45, 7) is 0. The van der Waals surface area contributed by atoms with Crippen LogP contribution in [0.3, 0.4) is 0 Å². The van der Waals surface area contributed by atoms with Gasteiger partial charge < -0.3 is 24.3 Å². The van der Waals surface area contributed by atoms with Gasteiger partial charge in [0.15, 0.2) is 0 Å². The second-order valence-electron chi connectivity index (χ2n) is 7.97. The van der Waals surface area contributed by atoms with Gasteiger partial charge in [0.25, 0.3) is 0 Å². The number of aromatic nitrogens is 6. The molecule has 4 N–H and O–H groups in total. The molecule has 0 aliphatic carbocycles. The van der Waals surface area contributed by atoms with Crippen molar-refractivity contribution < 1.29 is 0 Å². The van der Waals surface area contributed by atoms with Crippen molar-refractivity contribution in [2.75, 3.05) is 0 Å². The minimum absolute atomic E-state index is 1.11. The molecule has 142 valence electrons. The number of hydrogen-bond acceptors (Lipinski definition) is 0. The van der Waals surface area contributed by atoms with E-state index in [2.05, 4.69) is 90.1 Å². The van der Waals surface area contributed by atoms with Crippen molar-refractivity contribution in [3.8, 4) is 22.4 Å². The molecule has 0 amide bonds. The molecule has 6 nitrogen and oxygen atoms in total. The topological polar surface area (TPSA) is 72.0 Å². The van der Waals surface area contributed by atoms with Crippen molar-refractivity contribution in [3.63, 3.8) is 0 Å². The van der Waals surface area contributed by atoms with Crippen LogP contribution in [0, 0.1) is 0 Å². The highest BCUT2D eigenvalue weighted by Gasteiger charge is 2.21. The fourth-order valence-corrected chi connectivity index (χ4v) is 5.21. The van der Waals surface area contributed by atoms with Crippen molar-refractivity contribution in [2.24, 2.45) is 0 Å². The molecule has 0 saturated heterocycles. The number of nitrogens with one attached hydrogen (secondary N) is 4. The van der Waals surface area contributed by atoms with E-state index in [1.807, 2.05) is 12.4 Å². The van der Waals surface area contributed by atoms with Crippen LogP contribution < -0.4 is 0 Å². The van der Waals surface area contributed by atoms with E-state index in [0.717, 1.165) is 16.8 Å². The number of pyridine rings is 1. The van der Waals surface area contributed by atoms with Crippen LogP contribution in [0.15, 0.2) is 73.7 Å². The summed E-state index contributed by atoms with van der Waals surface area (Å²) in [5.41, 5.74) is 10.7. The van der Waals surface area contributed by atoms with E-state index < -0.39 is 0 Å². The van der Waals surface area contributed by atoms with Gasteiger partial charge in [-0.15, -0.1) is 0 Å². The fourth-order valence-electron chi connectivity index (χ4n) is 5.21. The van der Waals surface area contributed by atoms with E-state index in [1.165, 1.54) is 49.5 Å². The molecule has 8 heterocycles. The molecule has 0 radical (unpaired) electrons. The largest absolute Gasteiger partial charge is 0.367 e. The van der Waals surface area contributed by atoms with Crippen molar-refractivity contribution in [3.05, 3.63) is 73.7 Å². The quantitative estimate of drug-likeness (QED) is 0.292. The summed E-state index contributed by atoms with van der Waals surface area (Å²) in [5.74, 6) is 0. The van der Waals surface area contributed by atoms with Gasteiger partial charge in [-0.3, -0.25) is 4.40 Å². The second-order valence-corrected chi connectivity index (χ2v) is 7.97. The summed E-state index contributed by atoms with van der Waals surface area (Å²) in [7, 11) is 0. The SMILES string of the molecule is c1cc(-c2cc(-c3ccn4c3c3[nH]cc5c6c[nH]cc6c6ccc4n6c53)c[nH]2)c[nH]1. The first kappa shape index (κ1) is 14.6. The highest BCUT2D eigenvalue weighted by molar-refractivity contribution is 6.21. The number of hydrogen-bond donors (Lipinski definition) is 4. The molecule has 8 rings (SSSR count). The third-order valence-electron chi connectivity index (χ3n) is 6.52. The predicted octanol–water partition coefficient (Wildman–Crippen LogP) is 5.74. The standard InChI is InChI=1S/C24H16N6/c1-2-21-29-6-4-15(14-7-19(27-9-14)13-3-5-25-8-13)23(29)22-24-18(12-28-22)16-10-26-11-17(16)20(1)30(21)24/h1-12,25-28H. The molecule has 30 heavy (non-hydrogen) atoms. The zero-order valence-electron chi connectivity index (χ0n) is 15.8. The Morgan fingerprint density at radius 2 is 1.67 bits per heavy atom. The lowest BCUT2D eigenvalue weighted by Crippen LogP contribution is -1.96. The third kappa shape index (κ3) is 1.55. The first-order chi connectivity index (χ1) is 14.9. The molecular weight excluding hydrogens is 372 g/mol.